The molecule has 0 saturated heterocycles. The van der Waals surface area contributed by atoms with E-state index >= 15 is 0 Å². The van der Waals surface area contributed by atoms with Gasteiger partial charge in [0, 0.05) is 16.9 Å². The minimum atomic E-state index is 0.833. The van der Waals surface area contributed by atoms with Crippen molar-refractivity contribution in [2.24, 2.45) is 0 Å². The summed E-state index contributed by atoms with van der Waals surface area (Å²) in [5.41, 5.74) is 3.65. The van der Waals surface area contributed by atoms with Gasteiger partial charge in [0.2, 0.25) is 0 Å². The minimum absolute atomic E-state index is 0.833. The standard InChI is InChI=1S/C26H19NS2/c1-3-11-20(12-4-1)25-27-24(26(29-25)28-22-15-5-2-6-16-22)18-21-14-9-13-19-10-7-8-17-23(19)21/h1-17H,18H2. The van der Waals surface area contributed by atoms with Crippen LogP contribution in [0, 0.1) is 0 Å². The van der Waals surface area contributed by atoms with E-state index in [1.54, 1.807) is 11.3 Å². The van der Waals surface area contributed by atoms with Crippen molar-refractivity contribution >= 4 is 33.9 Å². The molecule has 0 aliphatic carbocycles. The molecular weight excluding hydrogens is 390 g/mol. The average molecular weight is 410 g/mol. The quantitative estimate of drug-likeness (QED) is 0.295. The van der Waals surface area contributed by atoms with E-state index in [-0.39, 0.29) is 0 Å². The molecule has 1 heterocycles. The highest BCUT2D eigenvalue weighted by Crippen LogP contribution is 2.40. The molecule has 0 amide bonds. The van der Waals surface area contributed by atoms with Gasteiger partial charge in [-0.3, -0.25) is 0 Å². The summed E-state index contributed by atoms with van der Waals surface area (Å²) in [6, 6.07) is 36.2. The molecule has 0 N–H and O–H groups in total. The molecule has 0 radical (unpaired) electrons. The van der Waals surface area contributed by atoms with E-state index in [0.717, 1.165) is 17.1 Å². The van der Waals surface area contributed by atoms with Gasteiger partial charge in [-0.2, -0.15) is 0 Å². The summed E-state index contributed by atoms with van der Waals surface area (Å²) >= 11 is 3.59. The van der Waals surface area contributed by atoms with Gasteiger partial charge in [0.15, 0.2) is 0 Å². The Morgan fingerprint density at radius 2 is 1.38 bits per heavy atom. The molecule has 0 unspecified atom stereocenters. The molecular formula is C26H19NS2. The summed E-state index contributed by atoms with van der Waals surface area (Å²) in [6.45, 7) is 0. The van der Waals surface area contributed by atoms with E-state index in [4.69, 9.17) is 4.98 Å². The second kappa shape index (κ2) is 8.24. The fourth-order valence-electron chi connectivity index (χ4n) is 3.46. The van der Waals surface area contributed by atoms with Crippen molar-refractivity contribution in [2.75, 3.05) is 0 Å². The van der Waals surface area contributed by atoms with Gasteiger partial charge >= 0.3 is 0 Å². The smallest absolute Gasteiger partial charge is 0.124 e. The Morgan fingerprint density at radius 3 is 2.21 bits per heavy atom. The van der Waals surface area contributed by atoms with Crippen LogP contribution < -0.4 is 0 Å². The Kier molecular flexibility index (Phi) is 5.16. The first-order chi connectivity index (χ1) is 14.4. The molecule has 5 rings (SSSR count). The molecule has 140 valence electrons. The maximum Gasteiger partial charge on any atom is 0.124 e. The zero-order valence-corrected chi connectivity index (χ0v) is 17.4. The van der Waals surface area contributed by atoms with Crippen molar-refractivity contribution in [1.82, 2.24) is 4.98 Å². The fourth-order valence-corrected chi connectivity index (χ4v) is 5.71. The number of hydrogen-bond acceptors (Lipinski definition) is 3. The molecule has 1 aromatic heterocycles. The van der Waals surface area contributed by atoms with Gasteiger partial charge in [-0.1, -0.05) is 103 Å². The molecule has 29 heavy (non-hydrogen) atoms. The van der Waals surface area contributed by atoms with Crippen LogP contribution in [0.4, 0.5) is 0 Å². The lowest BCUT2D eigenvalue weighted by Gasteiger charge is -2.07. The average Bonchev–Trinajstić information content (AvgIpc) is 3.18. The van der Waals surface area contributed by atoms with Gasteiger partial charge in [-0.05, 0) is 28.5 Å². The molecule has 4 aromatic carbocycles. The van der Waals surface area contributed by atoms with Crippen LogP contribution in [0.1, 0.15) is 11.3 Å². The predicted octanol–water partition coefficient (Wildman–Crippen LogP) is 7.71. The van der Waals surface area contributed by atoms with Crippen LogP contribution in [-0.2, 0) is 6.42 Å². The Bertz CT molecular complexity index is 1240. The van der Waals surface area contributed by atoms with Gasteiger partial charge in [0.1, 0.15) is 5.01 Å². The molecule has 0 aliphatic rings. The molecule has 0 aliphatic heterocycles. The number of nitrogens with zero attached hydrogens (tertiary/aromatic N) is 1. The van der Waals surface area contributed by atoms with Gasteiger partial charge in [-0.25, -0.2) is 4.98 Å². The van der Waals surface area contributed by atoms with Crippen LogP contribution in [0.15, 0.2) is 112 Å². The Morgan fingerprint density at radius 1 is 0.690 bits per heavy atom. The first kappa shape index (κ1) is 18.2. The van der Waals surface area contributed by atoms with Gasteiger partial charge < -0.3 is 0 Å². The highest BCUT2D eigenvalue weighted by Gasteiger charge is 2.15. The Labute approximate surface area is 179 Å². The summed E-state index contributed by atoms with van der Waals surface area (Å²) in [4.78, 5) is 6.32. The zero-order valence-electron chi connectivity index (χ0n) is 15.8. The van der Waals surface area contributed by atoms with Gasteiger partial charge in [-0.15, -0.1) is 11.3 Å². The van der Waals surface area contributed by atoms with Crippen molar-refractivity contribution < 1.29 is 0 Å². The van der Waals surface area contributed by atoms with E-state index in [9.17, 15) is 0 Å². The zero-order chi connectivity index (χ0) is 19.5. The lowest BCUT2D eigenvalue weighted by molar-refractivity contribution is 1.08. The van der Waals surface area contributed by atoms with Crippen LogP contribution in [0.5, 0.6) is 0 Å². The summed E-state index contributed by atoms with van der Waals surface area (Å²) in [5.74, 6) is 0. The molecule has 0 fully saturated rings. The van der Waals surface area contributed by atoms with Crippen molar-refractivity contribution in [3.05, 3.63) is 114 Å². The van der Waals surface area contributed by atoms with E-state index in [2.05, 4.69) is 97.1 Å². The summed E-state index contributed by atoms with van der Waals surface area (Å²) in [5, 5.41) is 3.67. The Balaban J connectivity index is 1.57. The van der Waals surface area contributed by atoms with Crippen LogP contribution >= 0.6 is 23.1 Å². The largest absolute Gasteiger partial charge is 0.240 e. The number of fused-ring (bicyclic) bond motifs is 1. The van der Waals surface area contributed by atoms with Crippen LogP contribution in [-0.4, -0.2) is 4.98 Å². The molecule has 5 aromatic rings. The molecule has 3 heteroatoms. The van der Waals surface area contributed by atoms with E-state index < -0.39 is 0 Å². The maximum absolute atomic E-state index is 5.08. The second-order valence-corrected chi connectivity index (χ2v) is 9.19. The third kappa shape index (κ3) is 3.98. The minimum Gasteiger partial charge on any atom is -0.240 e. The van der Waals surface area contributed by atoms with Gasteiger partial charge in [0.05, 0.1) is 9.90 Å². The SMILES string of the molecule is c1ccc(Sc2sc(-c3ccccc3)nc2Cc2cccc3ccccc23)cc1. The summed E-state index contributed by atoms with van der Waals surface area (Å²) in [7, 11) is 0. The van der Waals surface area contributed by atoms with Crippen molar-refractivity contribution in [3.63, 3.8) is 0 Å². The number of hydrogen-bond donors (Lipinski definition) is 0. The van der Waals surface area contributed by atoms with E-state index in [0.29, 0.717) is 0 Å². The first-order valence-corrected chi connectivity index (χ1v) is 11.2. The molecule has 1 nitrogen and oxygen atoms in total. The molecule has 0 spiro atoms. The number of rotatable bonds is 5. The van der Waals surface area contributed by atoms with Crippen LogP contribution in [0.25, 0.3) is 21.3 Å². The van der Waals surface area contributed by atoms with Crippen LogP contribution in [0.2, 0.25) is 0 Å². The molecule has 0 saturated carbocycles. The Hall–Kier alpha value is -2.88. The molecule has 0 atom stereocenters. The number of thiazole rings is 1. The number of aromatic nitrogens is 1. The second-order valence-electron chi connectivity index (χ2n) is 6.85. The lowest BCUT2D eigenvalue weighted by atomic mass is 10.0. The van der Waals surface area contributed by atoms with E-state index in [1.807, 2.05) is 17.8 Å². The van der Waals surface area contributed by atoms with Crippen LogP contribution in [0.3, 0.4) is 0 Å². The fraction of sp³-hybridized carbons (Fsp3) is 0.0385. The van der Waals surface area contributed by atoms with Crippen molar-refractivity contribution in [2.45, 2.75) is 15.5 Å². The summed E-state index contributed by atoms with van der Waals surface area (Å²) in [6.07, 6.45) is 0.833. The van der Waals surface area contributed by atoms with Crippen molar-refractivity contribution in [1.29, 1.82) is 0 Å². The van der Waals surface area contributed by atoms with Crippen molar-refractivity contribution in [3.8, 4) is 10.6 Å². The normalized spacial score (nSPS) is 11.0. The molecule has 0 bridgehead atoms. The first-order valence-electron chi connectivity index (χ1n) is 9.61. The number of benzene rings is 4. The maximum atomic E-state index is 5.08. The predicted molar refractivity (Wildman–Crippen MR) is 125 cm³/mol. The lowest BCUT2D eigenvalue weighted by Crippen LogP contribution is -1.92. The summed E-state index contributed by atoms with van der Waals surface area (Å²) < 4.78 is 1.27. The monoisotopic (exact) mass is 409 g/mol. The third-order valence-electron chi connectivity index (χ3n) is 4.87. The van der Waals surface area contributed by atoms with Gasteiger partial charge in [0.25, 0.3) is 0 Å². The highest BCUT2D eigenvalue weighted by atomic mass is 32.2. The topological polar surface area (TPSA) is 12.9 Å². The van der Waals surface area contributed by atoms with E-state index in [1.165, 1.54) is 31.0 Å². The highest BCUT2D eigenvalue weighted by molar-refractivity contribution is 8.01. The third-order valence-corrected chi connectivity index (χ3v) is 7.24.